The molecule has 1 rings (SSSR count). The highest BCUT2D eigenvalue weighted by Gasteiger charge is 2.10. The minimum atomic E-state index is -1.01. The summed E-state index contributed by atoms with van der Waals surface area (Å²) in [6, 6.07) is 0. The third-order valence-corrected chi connectivity index (χ3v) is 3.51. The molecule has 0 radical (unpaired) electrons. The van der Waals surface area contributed by atoms with Gasteiger partial charge in [-0.15, -0.1) is 0 Å². The fraction of sp³-hybridized carbons (Fsp3) is 0.667. The Labute approximate surface area is 109 Å². The Morgan fingerprint density at radius 2 is 1.12 bits per heavy atom. The minimum Gasteiger partial charge on any atom is -0.346 e. The lowest BCUT2D eigenvalue weighted by molar-refractivity contribution is 0.615. The van der Waals surface area contributed by atoms with Crippen molar-refractivity contribution in [3.63, 3.8) is 0 Å². The smallest absolute Gasteiger partial charge is 0.242 e. The minimum absolute atomic E-state index is 0.446. The SMILES string of the molecule is CN(C)C1=N/S(Cl)=N\C(N(C)C)=N/S(Cl)=N\1. The van der Waals surface area contributed by atoms with Crippen molar-refractivity contribution in [1.29, 1.82) is 0 Å². The van der Waals surface area contributed by atoms with Crippen LogP contribution in [0.1, 0.15) is 0 Å². The fourth-order valence-corrected chi connectivity index (χ4v) is 2.95. The summed E-state index contributed by atoms with van der Waals surface area (Å²) < 4.78 is 16.5. The molecule has 2 unspecified atom stereocenters. The largest absolute Gasteiger partial charge is 0.346 e. The summed E-state index contributed by atoms with van der Waals surface area (Å²) in [4.78, 5) is 3.44. The maximum Gasteiger partial charge on any atom is 0.242 e. The number of rotatable bonds is 0. The van der Waals surface area contributed by atoms with Crippen molar-refractivity contribution in [2.75, 3.05) is 28.2 Å². The first-order chi connectivity index (χ1) is 7.40. The predicted octanol–water partition coefficient (Wildman–Crippen LogP) is 1.58. The van der Waals surface area contributed by atoms with E-state index in [2.05, 4.69) is 17.5 Å². The van der Waals surface area contributed by atoms with Crippen molar-refractivity contribution in [3.8, 4) is 0 Å². The van der Waals surface area contributed by atoms with Gasteiger partial charge in [-0.1, -0.05) is 0 Å². The van der Waals surface area contributed by atoms with Crippen LogP contribution in [0.4, 0.5) is 0 Å². The molecule has 0 aliphatic carbocycles. The van der Waals surface area contributed by atoms with Crippen molar-refractivity contribution in [1.82, 2.24) is 9.80 Å². The van der Waals surface area contributed by atoms with Crippen LogP contribution >= 0.6 is 21.4 Å². The summed E-state index contributed by atoms with van der Waals surface area (Å²) >= 11 is 0. The molecule has 0 bridgehead atoms. The number of hydrogen-bond donors (Lipinski definition) is 0. The molecule has 16 heavy (non-hydrogen) atoms. The van der Waals surface area contributed by atoms with E-state index in [1.807, 2.05) is 28.2 Å². The Balaban J connectivity index is 3.16. The van der Waals surface area contributed by atoms with Crippen LogP contribution in [0.25, 0.3) is 0 Å². The molecule has 6 nitrogen and oxygen atoms in total. The van der Waals surface area contributed by atoms with E-state index in [1.165, 1.54) is 0 Å². The van der Waals surface area contributed by atoms with Crippen LogP contribution in [0.5, 0.6) is 0 Å². The molecule has 0 saturated heterocycles. The molecule has 1 heterocycles. The second-order valence-electron chi connectivity index (χ2n) is 3.19. The summed E-state index contributed by atoms with van der Waals surface area (Å²) in [5.74, 6) is 0.893. The Morgan fingerprint density at radius 3 is 1.38 bits per heavy atom. The Morgan fingerprint density at radius 1 is 0.812 bits per heavy atom. The molecule has 0 N–H and O–H groups in total. The third-order valence-electron chi connectivity index (χ3n) is 1.43. The number of halogens is 2. The van der Waals surface area contributed by atoms with E-state index >= 15 is 0 Å². The van der Waals surface area contributed by atoms with Gasteiger partial charge < -0.3 is 9.80 Å². The molecule has 0 saturated carbocycles. The number of hydrogen-bond acceptors (Lipinski definition) is 6. The van der Waals surface area contributed by atoms with Gasteiger partial charge in [0.1, 0.15) is 20.2 Å². The van der Waals surface area contributed by atoms with Crippen LogP contribution in [-0.2, 0) is 20.2 Å². The van der Waals surface area contributed by atoms with Crippen molar-refractivity contribution >= 4 is 53.5 Å². The third kappa shape index (κ3) is 4.00. The first-order valence-electron chi connectivity index (χ1n) is 4.17. The zero-order valence-electron chi connectivity index (χ0n) is 9.26. The van der Waals surface area contributed by atoms with Gasteiger partial charge in [0.05, 0.1) is 0 Å². The van der Waals surface area contributed by atoms with Gasteiger partial charge in [-0.05, 0) is 21.4 Å². The molecule has 0 aromatic rings. The fourth-order valence-electron chi connectivity index (χ4n) is 0.670. The topological polar surface area (TPSA) is 55.9 Å². The van der Waals surface area contributed by atoms with E-state index < -0.39 is 20.2 Å². The zero-order valence-corrected chi connectivity index (χ0v) is 12.4. The average Bonchev–Trinajstić information content (AvgIpc) is 2.12. The Kier molecular flexibility index (Phi) is 5.16. The molecule has 1 aliphatic heterocycles. The van der Waals surface area contributed by atoms with Gasteiger partial charge in [-0.3, -0.25) is 0 Å². The summed E-state index contributed by atoms with van der Waals surface area (Å²) in [5, 5.41) is 0. The van der Waals surface area contributed by atoms with Crippen LogP contribution in [0.15, 0.2) is 17.5 Å². The van der Waals surface area contributed by atoms with Gasteiger partial charge in [0.25, 0.3) is 0 Å². The standard InChI is InChI=1S/C6H12Cl2N6S2/c1-13(2)5-9-15(7)11-6(14(3)4)12-16(8)10-5/h1-4H3/b9-5+,10-5?,11-6?,12-6+. The summed E-state index contributed by atoms with van der Waals surface area (Å²) in [6.45, 7) is 0. The van der Waals surface area contributed by atoms with E-state index in [-0.39, 0.29) is 0 Å². The highest BCUT2D eigenvalue weighted by molar-refractivity contribution is 8.10. The van der Waals surface area contributed by atoms with Crippen molar-refractivity contribution in [2.24, 2.45) is 17.5 Å². The Bertz CT molecular complexity index is 362. The molecule has 0 aromatic carbocycles. The molecule has 10 heteroatoms. The van der Waals surface area contributed by atoms with E-state index in [4.69, 9.17) is 21.4 Å². The van der Waals surface area contributed by atoms with Gasteiger partial charge in [0, 0.05) is 28.2 Å². The Hall–Kier alpha value is -0.180. The molecular formula is C6H12Cl2N6S2. The van der Waals surface area contributed by atoms with E-state index in [0.29, 0.717) is 11.9 Å². The van der Waals surface area contributed by atoms with Gasteiger partial charge in [0.2, 0.25) is 11.9 Å². The van der Waals surface area contributed by atoms with E-state index in [9.17, 15) is 0 Å². The monoisotopic (exact) mass is 302 g/mol. The molecule has 2 atom stereocenters. The van der Waals surface area contributed by atoms with Crippen LogP contribution in [0.2, 0.25) is 0 Å². The first-order valence-corrected chi connectivity index (χ1v) is 8.10. The van der Waals surface area contributed by atoms with Crippen molar-refractivity contribution in [3.05, 3.63) is 0 Å². The molecule has 0 aromatic heterocycles. The lowest BCUT2D eigenvalue weighted by Crippen LogP contribution is -2.24. The van der Waals surface area contributed by atoms with Gasteiger partial charge in [-0.25, -0.2) is 0 Å². The highest BCUT2D eigenvalue weighted by Crippen LogP contribution is 2.10. The maximum absolute atomic E-state index is 5.96. The molecule has 0 amide bonds. The van der Waals surface area contributed by atoms with Gasteiger partial charge in [-0.2, -0.15) is 17.5 Å². The summed E-state index contributed by atoms with van der Waals surface area (Å²) in [5.41, 5.74) is 0. The van der Waals surface area contributed by atoms with Crippen LogP contribution < -0.4 is 0 Å². The zero-order chi connectivity index (χ0) is 12.3. The van der Waals surface area contributed by atoms with Crippen LogP contribution in [-0.4, -0.2) is 49.9 Å². The summed E-state index contributed by atoms with van der Waals surface area (Å²) in [7, 11) is 17.1. The lowest BCUT2D eigenvalue weighted by atomic mass is 10.8. The second kappa shape index (κ2) is 5.95. The normalized spacial score (nSPS) is 33.9. The molecular weight excluding hydrogens is 291 g/mol. The van der Waals surface area contributed by atoms with E-state index in [0.717, 1.165) is 0 Å². The predicted molar refractivity (Wildman–Crippen MR) is 73.5 cm³/mol. The van der Waals surface area contributed by atoms with Gasteiger partial charge >= 0.3 is 0 Å². The number of nitrogens with zero attached hydrogens (tertiary/aromatic N) is 6. The number of guanidine groups is 2. The van der Waals surface area contributed by atoms with Crippen LogP contribution in [0, 0.1) is 0 Å². The lowest BCUT2D eigenvalue weighted by Gasteiger charge is -2.14. The second-order valence-corrected chi connectivity index (χ2v) is 6.46. The molecule has 92 valence electrons. The highest BCUT2D eigenvalue weighted by atomic mass is 35.7. The molecule has 0 spiro atoms. The first kappa shape index (κ1) is 13.9. The summed E-state index contributed by atoms with van der Waals surface area (Å²) in [6.07, 6.45) is 0. The molecule has 1 aliphatic rings. The van der Waals surface area contributed by atoms with E-state index in [1.54, 1.807) is 9.80 Å². The van der Waals surface area contributed by atoms with Crippen molar-refractivity contribution < 1.29 is 0 Å². The maximum atomic E-state index is 5.96. The van der Waals surface area contributed by atoms with Crippen molar-refractivity contribution in [2.45, 2.75) is 0 Å². The van der Waals surface area contributed by atoms with Crippen LogP contribution in [0.3, 0.4) is 0 Å². The van der Waals surface area contributed by atoms with Gasteiger partial charge in [0.15, 0.2) is 0 Å². The average molecular weight is 303 g/mol. The quantitative estimate of drug-likeness (QED) is 0.682. The molecule has 0 fully saturated rings.